The molecule has 0 radical (unpaired) electrons. The molecule has 0 aliphatic heterocycles. The number of hydrogen-bond acceptors (Lipinski definition) is 4. The Labute approximate surface area is 88.2 Å². The summed E-state index contributed by atoms with van der Waals surface area (Å²) in [4.78, 5) is 15.0. The van der Waals surface area contributed by atoms with Crippen LogP contribution in [0.25, 0.3) is 6.08 Å². The molecule has 0 atom stereocenters. The average Bonchev–Trinajstić information content (AvgIpc) is 2.27. The van der Waals surface area contributed by atoms with Crippen molar-refractivity contribution in [2.45, 2.75) is 13.3 Å². The Bertz CT molecular complexity index is 385. The van der Waals surface area contributed by atoms with Crippen LogP contribution in [0.15, 0.2) is 18.2 Å². The van der Waals surface area contributed by atoms with Gasteiger partial charge in [-0.1, -0.05) is 6.92 Å². The topological polar surface area (TPSA) is 59.4 Å². The molecule has 0 fully saturated rings. The molecule has 0 bridgehead atoms. The van der Waals surface area contributed by atoms with E-state index in [2.05, 4.69) is 9.72 Å². The number of pyridine rings is 1. The number of methoxy groups -OCH3 is 1. The van der Waals surface area contributed by atoms with Gasteiger partial charge in [0.1, 0.15) is 11.4 Å². The maximum Gasteiger partial charge on any atom is 0.330 e. The Hall–Kier alpha value is -1.84. The van der Waals surface area contributed by atoms with Gasteiger partial charge in [0.05, 0.1) is 7.11 Å². The van der Waals surface area contributed by atoms with Gasteiger partial charge < -0.3 is 9.84 Å². The Morgan fingerprint density at radius 1 is 1.60 bits per heavy atom. The minimum absolute atomic E-state index is 0.0485. The molecule has 0 aliphatic carbocycles. The van der Waals surface area contributed by atoms with Gasteiger partial charge in [-0.2, -0.15) is 0 Å². The van der Waals surface area contributed by atoms with Gasteiger partial charge in [0.25, 0.3) is 0 Å². The Balaban J connectivity index is 2.93. The molecule has 0 saturated heterocycles. The summed E-state index contributed by atoms with van der Waals surface area (Å²) in [6, 6.07) is 3.30. The highest BCUT2D eigenvalue weighted by atomic mass is 16.5. The highest BCUT2D eigenvalue weighted by Crippen LogP contribution is 2.16. The summed E-state index contributed by atoms with van der Waals surface area (Å²) in [5, 5.41) is 9.45. The lowest BCUT2D eigenvalue weighted by molar-refractivity contribution is -0.134. The maximum absolute atomic E-state index is 10.8. The fourth-order valence-electron chi connectivity index (χ4n) is 1.04. The Morgan fingerprint density at radius 2 is 2.33 bits per heavy atom. The van der Waals surface area contributed by atoms with Gasteiger partial charge in [-0.3, -0.25) is 0 Å². The van der Waals surface area contributed by atoms with Crippen LogP contribution in [0.4, 0.5) is 0 Å². The summed E-state index contributed by atoms with van der Waals surface area (Å²) in [6.45, 7) is 1.97. The molecule has 1 rings (SSSR count). The van der Waals surface area contributed by atoms with Crippen molar-refractivity contribution in [2.75, 3.05) is 7.11 Å². The molecule has 4 nitrogen and oxygen atoms in total. The molecule has 0 aromatic carbocycles. The highest BCUT2D eigenvalue weighted by molar-refractivity contribution is 5.87. The summed E-state index contributed by atoms with van der Waals surface area (Å²) < 4.78 is 4.43. The van der Waals surface area contributed by atoms with Crippen molar-refractivity contribution < 1.29 is 14.6 Å². The summed E-state index contributed by atoms with van der Waals surface area (Å²) in [5.74, 6) is -0.426. The summed E-state index contributed by atoms with van der Waals surface area (Å²) in [5.41, 5.74) is 1.23. The Kier molecular flexibility index (Phi) is 3.85. The van der Waals surface area contributed by atoms with Crippen molar-refractivity contribution in [1.82, 2.24) is 4.98 Å². The largest absolute Gasteiger partial charge is 0.506 e. The number of hydrogen-bond donors (Lipinski definition) is 1. The lowest BCUT2D eigenvalue weighted by Gasteiger charge is -2.00. The van der Waals surface area contributed by atoms with Crippen LogP contribution in [0.3, 0.4) is 0 Å². The third kappa shape index (κ3) is 3.09. The molecule has 4 heteroatoms. The van der Waals surface area contributed by atoms with E-state index in [1.165, 1.54) is 19.3 Å². The standard InChI is InChI=1S/C11H13NO3/c1-3-8-4-6-10(13)9(12-8)5-7-11(14)15-2/h4-7,13H,3H2,1-2H3/b7-5+. The molecule has 80 valence electrons. The number of aryl methyl sites for hydroxylation is 1. The predicted molar refractivity (Wildman–Crippen MR) is 56.3 cm³/mol. The molecule has 0 amide bonds. The van der Waals surface area contributed by atoms with Gasteiger partial charge in [0.15, 0.2) is 0 Å². The number of ether oxygens (including phenoxy) is 1. The van der Waals surface area contributed by atoms with Crippen LogP contribution < -0.4 is 0 Å². The molecule has 15 heavy (non-hydrogen) atoms. The second-order valence-corrected chi connectivity index (χ2v) is 2.92. The van der Waals surface area contributed by atoms with Gasteiger partial charge in [-0.25, -0.2) is 9.78 Å². The summed E-state index contributed by atoms with van der Waals surface area (Å²) >= 11 is 0. The van der Waals surface area contributed by atoms with Crippen molar-refractivity contribution in [2.24, 2.45) is 0 Å². The SMILES string of the molecule is CCc1ccc(O)c(/C=C/C(=O)OC)n1. The van der Waals surface area contributed by atoms with E-state index < -0.39 is 5.97 Å². The van der Waals surface area contributed by atoms with Crippen LogP contribution in [-0.2, 0) is 16.0 Å². The number of carbonyl (C=O) groups excluding carboxylic acids is 1. The molecule has 0 saturated carbocycles. The number of nitrogens with zero attached hydrogens (tertiary/aromatic N) is 1. The average molecular weight is 207 g/mol. The molecule has 1 aromatic heterocycles. The smallest absolute Gasteiger partial charge is 0.330 e. The van der Waals surface area contributed by atoms with E-state index >= 15 is 0 Å². The molecule has 0 unspecified atom stereocenters. The van der Waals surface area contributed by atoms with Crippen LogP contribution in [0, 0.1) is 0 Å². The van der Waals surface area contributed by atoms with Crippen molar-refractivity contribution in [1.29, 1.82) is 0 Å². The van der Waals surface area contributed by atoms with Gasteiger partial charge >= 0.3 is 5.97 Å². The molecule has 1 aromatic rings. The maximum atomic E-state index is 10.8. The first-order valence-electron chi connectivity index (χ1n) is 4.62. The molecular formula is C11H13NO3. The van der Waals surface area contributed by atoms with Crippen molar-refractivity contribution in [3.8, 4) is 5.75 Å². The lowest BCUT2D eigenvalue weighted by Crippen LogP contribution is -1.95. The van der Waals surface area contributed by atoms with Crippen LogP contribution in [0.5, 0.6) is 5.75 Å². The van der Waals surface area contributed by atoms with Gasteiger partial charge in [-0.05, 0) is 24.6 Å². The second kappa shape index (κ2) is 5.14. The highest BCUT2D eigenvalue weighted by Gasteiger charge is 2.01. The predicted octanol–water partition coefficient (Wildman–Crippen LogP) is 1.54. The zero-order chi connectivity index (χ0) is 11.3. The van der Waals surface area contributed by atoms with Crippen LogP contribution in [0.1, 0.15) is 18.3 Å². The first kappa shape index (κ1) is 11.2. The van der Waals surface area contributed by atoms with Crippen LogP contribution in [-0.4, -0.2) is 23.2 Å². The number of aromatic hydroxyl groups is 1. The van der Waals surface area contributed by atoms with E-state index in [1.54, 1.807) is 12.1 Å². The number of carbonyl (C=O) groups is 1. The third-order valence-electron chi connectivity index (χ3n) is 1.90. The molecule has 1 heterocycles. The zero-order valence-corrected chi connectivity index (χ0v) is 8.73. The van der Waals surface area contributed by atoms with E-state index in [4.69, 9.17) is 0 Å². The fourth-order valence-corrected chi connectivity index (χ4v) is 1.04. The van der Waals surface area contributed by atoms with E-state index in [1.807, 2.05) is 6.92 Å². The van der Waals surface area contributed by atoms with Crippen molar-refractivity contribution in [3.63, 3.8) is 0 Å². The van der Waals surface area contributed by atoms with Crippen molar-refractivity contribution in [3.05, 3.63) is 29.6 Å². The second-order valence-electron chi connectivity index (χ2n) is 2.92. The van der Waals surface area contributed by atoms with Crippen LogP contribution >= 0.6 is 0 Å². The normalized spacial score (nSPS) is 10.5. The molecule has 0 spiro atoms. The van der Waals surface area contributed by atoms with Gasteiger partial charge in [-0.15, -0.1) is 0 Å². The minimum atomic E-state index is -0.474. The van der Waals surface area contributed by atoms with Crippen molar-refractivity contribution >= 4 is 12.0 Å². The minimum Gasteiger partial charge on any atom is -0.506 e. The van der Waals surface area contributed by atoms with E-state index in [-0.39, 0.29) is 5.75 Å². The fraction of sp³-hybridized carbons (Fsp3) is 0.273. The van der Waals surface area contributed by atoms with Crippen LogP contribution in [0.2, 0.25) is 0 Å². The number of esters is 1. The Morgan fingerprint density at radius 3 is 2.93 bits per heavy atom. The first-order valence-corrected chi connectivity index (χ1v) is 4.62. The third-order valence-corrected chi connectivity index (χ3v) is 1.90. The quantitative estimate of drug-likeness (QED) is 0.603. The summed E-state index contributed by atoms with van der Waals surface area (Å²) in [6.07, 6.45) is 3.43. The molecule has 0 aliphatic rings. The number of aromatic nitrogens is 1. The van der Waals surface area contributed by atoms with Gasteiger partial charge in [0, 0.05) is 11.8 Å². The monoisotopic (exact) mass is 207 g/mol. The summed E-state index contributed by atoms with van der Waals surface area (Å²) in [7, 11) is 1.29. The zero-order valence-electron chi connectivity index (χ0n) is 8.73. The molecule has 1 N–H and O–H groups in total. The van der Waals surface area contributed by atoms with Gasteiger partial charge in [0.2, 0.25) is 0 Å². The lowest BCUT2D eigenvalue weighted by atomic mass is 10.2. The van der Waals surface area contributed by atoms with E-state index in [0.717, 1.165) is 12.1 Å². The molecular weight excluding hydrogens is 194 g/mol. The van der Waals surface area contributed by atoms with E-state index in [9.17, 15) is 9.90 Å². The number of rotatable bonds is 3. The first-order chi connectivity index (χ1) is 7.17. The van der Waals surface area contributed by atoms with E-state index in [0.29, 0.717) is 5.69 Å².